The minimum absolute atomic E-state index is 0.0427. The van der Waals surface area contributed by atoms with Crippen molar-refractivity contribution in [3.05, 3.63) is 0 Å². The molecule has 2 saturated carbocycles. The summed E-state index contributed by atoms with van der Waals surface area (Å²) < 4.78 is 0. The van der Waals surface area contributed by atoms with Gasteiger partial charge < -0.3 is 5.11 Å². The number of rotatable bonds is 5. The summed E-state index contributed by atoms with van der Waals surface area (Å²) in [4.78, 5) is 0. The first-order chi connectivity index (χ1) is 8.81. The lowest BCUT2D eigenvalue weighted by molar-refractivity contribution is 0.0667. The van der Waals surface area contributed by atoms with Gasteiger partial charge in [0, 0.05) is 0 Å². The molecule has 1 N–H and O–H groups in total. The van der Waals surface area contributed by atoms with Gasteiger partial charge in [-0.15, -0.1) is 0 Å². The standard InChI is InChI=1S/C17H32O/c1-2-16(18)13-17(14-9-5-3-6-10-14)15-11-7-4-8-12-15/h14-18H,2-13H2,1H3. The van der Waals surface area contributed by atoms with Gasteiger partial charge in [0.15, 0.2) is 0 Å². The van der Waals surface area contributed by atoms with Crippen LogP contribution in [0.3, 0.4) is 0 Å². The molecule has 2 aliphatic carbocycles. The van der Waals surface area contributed by atoms with Gasteiger partial charge in [-0.1, -0.05) is 71.1 Å². The molecule has 0 aromatic rings. The molecule has 1 nitrogen and oxygen atoms in total. The van der Waals surface area contributed by atoms with Crippen molar-refractivity contribution in [2.75, 3.05) is 0 Å². The third kappa shape index (κ3) is 3.98. The summed E-state index contributed by atoms with van der Waals surface area (Å²) in [7, 11) is 0. The van der Waals surface area contributed by atoms with E-state index in [2.05, 4.69) is 6.92 Å². The Labute approximate surface area is 113 Å². The molecule has 106 valence electrons. The number of hydrogen-bond donors (Lipinski definition) is 1. The van der Waals surface area contributed by atoms with Gasteiger partial charge in [0.05, 0.1) is 6.10 Å². The molecule has 0 saturated heterocycles. The smallest absolute Gasteiger partial charge is 0.0540 e. The van der Waals surface area contributed by atoms with Crippen molar-refractivity contribution in [3.8, 4) is 0 Å². The Hall–Kier alpha value is -0.0400. The summed E-state index contributed by atoms with van der Waals surface area (Å²) >= 11 is 0. The molecule has 0 bridgehead atoms. The van der Waals surface area contributed by atoms with Crippen LogP contribution in [0.2, 0.25) is 0 Å². The largest absolute Gasteiger partial charge is 0.393 e. The van der Waals surface area contributed by atoms with Crippen LogP contribution in [0.25, 0.3) is 0 Å². The molecule has 18 heavy (non-hydrogen) atoms. The van der Waals surface area contributed by atoms with Gasteiger partial charge in [-0.3, -0.25) is 0 Å². The van der Waals surface area contributed by atoms with Crippen molar-refractivity contribution in [2.45, 2.75) is 90.1 Å². The quantitative estimate of drug-likeness (QED) is 0.736. The SMILES string of the molecule is CCC(O)CC(C1CCCCC1)C1CCCCC1. The molecule has 0 heterocycles. The van der Waals surface area contributed by atoms with E-state index >= 15 is 0 Å². The van der Waals surface area contributed by atoms with Crippen LogP contribution in [0.1, 0.15) is 84.0 Å². The van der Waals surface area contributed by atoms with E-state index in [1.54, 1.807) is 0 Å². The fourth-order valence-electron chi connectivity index (χ4n) is 4.38. The van der Waals surface area contributed by atoms with Crippen LogP contribution in [0.5, 0.6) is 0 Å². The fraction of sp³-hybridized carbons (Fsp3) is 1.00. The first-order valence-electron chi connectivity index (χ1n) is 8.49. The topological polar surface area (TPSA) is 20.2 Å². The molecule has 0 amide bonds. The minimum Gasteiger partial charge on any atom is -0.393 e. The average molecular weight is 252 g/mol. The Kier molecular flexibility index (Phi) is 6.01. The summed E-state index contributed by atoms with van der Waals surface area (Å²) in [5.74, 6) is 2.70. The normalized spacial score (nSPS) is 25.5. The van der Waals surface area contributed by atoms with E-state index in [0.717, 1.165) is 30.6 Å². The van der Waals surface area contributed by atoms with Gasteiger partial charge in [0.1, 0.15) is 0 Å². The van der Waals surface area contributed by atoms with Crippen molar-refractivity contribution >= 4 is 0 Å². The first-order valence-corrected chi connectivity index (χ1v) is 8.49. The molecular formula is C17H32O. The molecule has 1 unspecified atom stereocenters. The zero-order chi connectivity index (χ0) is 12.8. The van der Waals surface area contributed by atoms with E-state index in [4.69, 9.17) is 0 Å². The zero-order valence-electron chi connectivity index (χ0n) is 12.2. The Morgan fingerprint density at radius 2 is 1.28 bits per heavy atom. The number of aliphatic hydroxyl groups is 1. The van der Waals surface area contributed by atoms with E-state index in [1.807, 2.05) is 0 Å². The van der Waals surface area contributed by atoms with Gasteiger partial charge in [-0.05, 0) is 30.6 Å². The van der Waals surface area contributed by atoms with Crippen LogP contribution in [0.4, 0.5) is 0 Å². The Morgan fingerprint density at radius 3 is 1.67 bits per heavy atom. The highest BCUT2D eigenvalue weighted by Crippen LogP contribution is 2.42. The van der Waals surface area contributed by atoms with Crippen LogP contribution in [-0.2, 0) is 0 Å². The first kappa shape index (κ1) is 14.4. The van der Waals surface area contributed by atoms with Crippen LogP contribution >= 0.6 is 0 Å². The second-order valence-corrected chi connectivity index (χ2v) is 6.76. The number of hydrogen-bond acceptors (Lipinski definition) is 1. The molecule has 0 aliphatic heterocycles. The average Bonchev–Trinajstić information content (AvgIpc) is 2.46. The predicted molar refractivity (Wildman–Crippen MR) is 77.6 cm³/mol. The third-order valence-electron chi connectivity index (χ3n) is 5.53. The maximum absolute atomic E-state index is 10.1. The molecule has 0 radical (unpaired) electrons. The summed E-state index contributed by atoms with van der Waals surface area (Å²) in [5.41, 5.74) is 0. The van der Waals surface area contributed by atoms with Crippen LogP contribution < -0.4 is 0 Å². The van der Waals surface area contributed by atoms with Crippen molar-refractivity contribution in [1.29, 1.82) is 0 Å². The maximum atomic E-state index is 10.1. The van der Waals surface area contributed by atoms with E-state index in [-0.39, 0.29) is 6.10 Å². The Balaban J connectivity index is 1.95. The predicted octanol–water partition coefficient (Wildman–Crippen LogP) is 4.92. The fourth-order valence-corrected chi connectivity index (χ4v) is 4.38. The minimum atomic E-state index is -0.0427. The summed E-state index contributed by atoms with van der Waals surface area (Å²) in [6.07, 6.45) is 16.4. The van der Waals surface area contributed by atoms with E-state index in [0.29, 0.717) is 0 Å². The van der Waals surface area contributed by atoms with E-state index in [1.165, 1.54) is 64.2 Å². The molecule has 0 aromatic heterocycles. The number of aliphatic hydroxyl groups excluding tert-OH is 1. The zero-order valence-corrected chi connectivity index (χ0v) is 12.2. The highest BCUT2D eigenvalue weighted by Gasteiger charge is 2.32. The van der Waals surface area contributed by atoms with Gasteiger partial charge in [0.2, 0.25) is 0 Å². The van der Waals surface area contributed by atoms with Gasteiger partial charge in [-0.2, -0.15) is 0 Å². The van der Waals surface area contributed by atoms with Crippen LogP contribution in [-0.4, -0.2) is 11.2 Å². The summed E-state index contributed by atoms with van der Waals surface area (Å²) in [6.45, 7) is 2.13. The van der Waals surface area contributed by atoms with Crippen LogP contribution in [0.15, 0.2) is 0 Å². The van der Waals surface area contributed by atoms with E-state index in [9.17, 15) is 5.11 Å². The Morgan fingerprint density at radius 1 is 0.833 bits per heavy atom. The molecular weight excluding hydrogens is 220 g/mol. The maximum Gasteiger partial charge on any atom is 0.0540 e. The molecule has 2 aliphatic rings. The van der Waals surface area contributed by atoms with Gasteiger partial charge in [-0.25, -0.2) is 0 Å². The van der Waals surface area contributed by atoms with Gasteiger partial charge >= 0.3 is 0 Å². The lowest BCUT2D eigenvalue weighted by atomic mass is 9.67. The lowest BCUT2D eigenvalue weighted by Crippen LogP contribution is -2.30. The molecule has 0 spiro atoms. The molecule has 2 fully saturated rings. The molecule has 1 heteroatoms. The third-order valence-corrected chi connectivity index (χ3v) is 5.53. The van der Waals surface area contributed by atoms with Gasteiger partial charge in [0.25, 0.3) is 0 Å². The second-order valence-electron chi connectivity index (χ2n) is 6.76. The monoisotopic (exact) mass is 252 g/mol. The lowest BCUT2D eigenvalue weighted by Gasteiger charge is -2.39. The van der Waals surface area contributed by atoms with Crippen molar-refractivity contribution in [1.82, 2.24) is 0 Å². The molecule has 0 aromatic carbocycles. The van der Waals surface area contributed by atoms with E-state index < -0.39 is 0 Å². The highest BCUT2D eigenvalue weighted by molar-refractivity contribution is 4.83. The van der Waals surface area contributed by atoms with Crippen LogP contribution in [0, 0.1) is 17.8 Å². The molecule has 1 atom stereocenters. The summed E-state index contributed by atoms with van der Waals surface area (Å²) in [6, 6.07) is 0. The van der Waals surface area contributed by atoms with Crippen molar-refractivity contribution in [2.24, 2.45) is 17.8 Å². The second kappa shape index (κ2) is 7.53. The highest BCUT2D eigenvalue weighted by atomic mass is 16.3. The van der Waals surface area contributed by atoms with Crippen molar-refractivity contribution in [3.63, 3.8) is 0 Å². The summed E-state index contributed by atoms with van der Waals surface area (Å²) in [5, 5.41) is 10.1. The molecule has 2 rings (SSSR count). The Bertz CT molecular complexity index is 196. The van der Waals surface area contributed by atoms with Crippen molar-refractivity contribution < 1.29 is 5.11 Å².